The summed E-state index contributed by atoms with van der Waals surface area (Å²) < 4.78 is 24.1. The van der Waals surface area contributed by atoms with Gasteiger partial charge in [-0.3, -0.25) is 19.1 Å². The van der Waals surface area contributed by atoms with Gasteiger partial charge in [0.15, 0.2) is 4.80 Å². The van der Waals surface area contributed by atoms with E-state index < -0.39 is 24.0 Å². The van der Waals surface area contributed by atoms with Crippen LogP contribution in [0.4, 0.5) is 0 Å². The van der Waals surface area contributed by atoms with E-state index in [-0.39, 0.29) is 12.2 Å². The van der Waals surface area contributed by atoms with Crippen molar-refractivity contribution in [3.63, 3.8) is 0 Å². The van der Waals surface area contributed by atoms with E-state index in [0.717, 1.165) is 5.76 Å². The summed E-state index contributed by atoms with van der Waals surface area (Å²) in [5.41, 5.74) is 0.391. The maximum atomic E-state index is 13.6. The molecular formula is C24H26N2O6S. The third-order valence-corrected chi connectivity index (χ3v) is 6.63. The molecule has 2 aromatic heterocycles. The van der Waals surface area contributed by atoms with Crippen LogP contribution in [0.15, 0.2) is 44.5 Å². The summed E-state index contributed by atoms with van der Waals surface area (Å²) in [6, 6.07) is 7.88. The van der Waals surface area contributed by atoms with Gasteiger partial charge < -0.3 is 18.6 Å². The summed E-state index contributed by atoms with van der Waals surface area (Å²) >= 11 is 1.26. The molecule has 33 heavy (non-hydrogen) atoms. The summed E-state index contributed by atoms with van der Waals surface area (Å²) in [5, 5.41) is 0. The van der Waals surface area contributed by atoms with Gasteiger partial charge in [-0.1, -0.05) is 11.3 Å². The molecule has 1 aliphatic heterocycles. The predicted molar refractivity (Wildman–Crippen MR) is 124 cm³/mol. The van der Waals surface area contributed by atoms with Crippen LogP contribution in [0.3, 0.4) is 0 Å². The molecule has 0 fully saturated rings. The summed E-state index contributed by atoms with van der Waals surface area (Å²) in [6.45, 7) is 5.68. The molecule has 0 saturated heterocycles. The highest BCUT2D eigenvalue weighted by molar-refractivity contribution is 7.07. The molecule has 0 spiro atoms. The first-order valence-electron chi connectivity index (χ1n) is 10.6. The highest BCUT2D eigenvalue weighted by atomic mass is 32.1. The summed E-state index contributed by atoms with van der Waals surface area (Å²) in [7, 11) is 3.12. The lowest BCUT2D eigenvalue weighted by molar-refractivity contribution is -0.150. The van der Waals surface area contributed by atoms with Crippen molar-refractivity contribution in [3.05, 3.63) is 67.1 Å². The van der Waals surface area contributed by atoms with E-state index in [9.17, 15) is 9.59 Å². The molecule has 174 valence electrons. The Morgan fingerprint density at radius 3 is 2.67 bits per heavy atom. The van der Waals surface area contributed by atoms with Gasteiger partial charge in [0.05, 0.1) is 37.4 Å². The number of esters is 1. The van der Waals surface area contributed by atoms with Crippen LogP contribution in [0.1, 0.15) is 37.0 Å². The first-order chi connectivity index (χ1) is 15.9. The van der Waals surface area contributed by atoms with Crippen molar-refractivity contribution in [3.8, 4) is 11.5 Å². The number of thiazole rings is 1. The topological polar surface area (TPSA) is 92.3 Å². The van der Waals surface area contributed by atoms with Gasteiger partial charge in [-0.25, -0.2) is 0 Å². The quantitative estimate of drug-likeness (QED) is 0.514. The minimum Gasteiger partial charge on any atom is -0.497 e. The molecule has 3 aromatic rings. The van der Waals surface area contributed by atoms with E-state index >= 15 is 0 Å². The van der Waals surface area contributed by atoms with Gasteiger partial charge in [0, 0.05) is 11.6 Å². The number of methoxy groups -OCH3 is 2. The van der Waals surface area contributed by atoms with Crippen molar-refractivity contribution in [2.45, 2.75) is 32.9 Å². The van der Waals surface area contributed by atoms with Crippen LogP contribution < -0.4 is 24.4 Å². The average molecular weight is 471 g/mol. The van der Waals surface area contributed by atoms with Crippen molar-refractivity contribution in [1.29, 1.82) is 0 Å². The zero-order chi connectivity index (χ0) is 23.7. The first kappa shape index (κ1) is 22.8. The average Bonchev–Trinajstić information content (AvgIpc) is 3.34. The highest BCUT2D eigenvalue weighted by Gasteiger charge is 2.42. The molecule has 9 heteroatoms. The fraction of sp³-hybridized carbons (Fsp3) is 0.375. The predicted octanol–water partition coefficient (Wildman–Crippen LogP) is 2.45. The van der Waals surface area contributed by atoms with Crippen molar-refractivity contribution >= 4 is 23.4 Å². The number of aryl methyl sites for hydroxylation is 1. The molecule has 3 heterocycles. The van der Waals surface area contributed by atoms with Crippen LogP contribution in [0.25, 0.3) is 6.08 Å². The Morgan fingerprint density at radius 1 is 1.24 bits per heavy atom. The molecule has 0 N–H and O–H groups in total. The molecule has 3 unspecified atom stereocenters. The number of furan rings is 1. The third-order valence-electron chi connectivity index (χ3n) is 5.64. The van der Waals surface area contributed by atoms with Crippen molar-refractivity contribution < 1.29 is 23.4 Å². The van der Waals surface area contributed by atoms with Crippen molar-refractivity contribution in [1.82, 2.24) is 4.57 Å². The molecule has 1 aliphatic rings. The summed E-state index contributed by atoms with van der Waals surface area (Å²) in [5.74, 6) is 1.33. The first-order valence-corrected chi connectivity index (χ1v) is 11.5. The van der Waals surface area contributed by atoms with E-state index in [1.165, 1.54) is 11.3 Å². The Morgan fingerprint density at radius 2 is 2.03 bits per heavy atom. The standard InChI is InChI=1S/C24H26N2O6S/c1-6-31-23(28)20-14(3)25-24-26(21(20)17-11-15(29-4)9-10-18(17)30-5)22(27)19(33-24)12-16-8-7-13(2)32-16/h7-12,14,20-21H,6H2,1-5H3/b19-12-. The zero-order valence-electron chi connectivity index (χ0n) is 19.2. The zero-order valence-corrected chi connectivity index (χ0v) is 20.0. The molecule has 4 rings (SSSR count). The molecule has 0 bridgehead atoms. The second kappa shape index (κ2) is 9.27. The smallest absolute Gasteiger partial charge is 0.313 e. The van der Waals surface area contributed by atoms with Crippen LogP contribution in [0, 0.1) is 12.8 Å². The molecular weight excluding hydrogens is 444 g/mol. The Labute approximate surface area is 194 Å². The second-order valence-electron chi connectivity index (χ2n) is 7.72. The maximum absolute atomic E-state index is 13.6. The van der Waals surface area contributed by atoms with Gasteiger partial charge >= 0.3 is 5.97 Å². The lowest BCUT2D eigenvalue weighted by atomic mass is 9.86. The maximum Gasteiger partial charge on any atom is 0.313 e. The number of hydrogen-bond donors (Lipinski definition) is 0. The van der Waals surface area contributed by atoms with Crippen LogP contribution in [0.2, 0.25) is 0 Å². The van der Waals surface area contributed by atoms with Crippen LogP contribution in [0.5, 0.6) is 11.5 Å². The summed E-state index contributed by atoms with van der Waals surface area (Å²) in [6.07, 6.45) is 1.70. The fourth-order valence-corrected chi connectivity index (χ4v) is 5.20. The molecule has 0 aliphatic carbocycles. The highest BCUT2D eigenvalue weighted by Crippen LogP contribution is 2.38. The van der Waals surface area contributed by atoms with E-state index in [1.54, 1.807) is 50.0 Å². The molecule has 8 nitrogen and oxygen atoms in total. The molecule has 1 aromatic carbocycles. The molecule has 3 atom stereocenters. The molecule has 0 saturated carbocycles. The number of carbonyl (C=O) groups excluding carboxylic acids is 1. The third kappa shape index (κ3) is 4.20. The second-order valence-corrected chi connectivity index (χ2v) is 8.73. The number of fused-ring (bicyclic) bond motifs is 1. The van der Waals surface area contributed by atoms with Crippen molar-refractivity contribution in [2.24, 2.45) is 10.9 Å². The Balaban J connectivity index is 1.99. The van der Waals surface area contributed by atoms with Crippen molar-refractivity contribution in [2.75, 3.05) is 20.8 Å². The van der Waals surface area contributed by atoms with Gasteiger partial charge in [-0.05, 0) is 51.1 Å². The molecule has 0 radical (unpaired) electrons. The van der Waals surface area contributed by atoms with Gasteiger partial charge in [-0.2, -0.15) is 0 Å². The van der Waals surface area contributed by atoms with Gasteiger partial charge in [0.25, 0.3) is 5.56 Å². The lowest BCUT2D eigenvalue weighted by Crippen LogP contribution is -2.48. The number of benzene rings is 1. The number of carbonyl (C=O) groups is 1. The number of rotatable bonds is 6. The van der Waals surface area contributed by atoms with Gasteiger partial charge in [0.1, 0.15) is 28.9 Å². The minimum atomic E-state index is -0.718. The summed E-state index contributed by atoms with van der Waals surface area (Å²) in [4.78, 5) is 31.9. The lowest BCUT2D eigenvalue weighted by Gasteiger charge is -2.33. The van der Waals surface area contributed by atoms with Gasteiger partial charge in [0.2, 0.25) is 0 Å². The van der Waals surface area contributed by atoms with Crippen LogP contribution in [-0.4, -0.2) is 37.4 Å². The molecule has 0 amide bonds. The fourth-order valence-electron chi connectivity index (χ4n) is 4.13. The van der Waals surface area contributed by atoms with Crippen LogP contribution >= 0.6 is 11.3 Å². The van der Waals surface area contributed by atoms with E-state index in [4.69, 9.17) is 23.6 Å². The number of nitrogens with zero attached hydrogens (tertiary/aromatic N) is 2. The Hall–Kier alpha value is -3.33. The van der Waals surface area contributed by atoms with Crippen LogP contribution in [-0.2, 0) is 9.53 Å². The number of aromatic nitrogens is 1. The Bertz CT molecular complexity index is 1350. The van der Waals surface area contributed by atoms with E-state index in [1.807, 2.05) is 26.0 Å². The largest absolute Gasteiger partial charge is 0.497 e. The van der Waals surface area contributed by atoms with Gasteiger partial charge in [-0.15, -0.1) is 0 Å². The SMILES string of the molecule is CCOC(=O)C1C(C)N=c2s/c(=C\c3ccc(C)o3)c(=O)n2C1c1cc(OC)ccc1OC. The minimum absolute atomic E-state index is 0.228. The Kier molecular flexibility index (Phi) is 6.42. The normalized spacial score (nSPS) is 20.2. The number of ether oxygens (including phenoxy) is 3. The van der Waals surface area contributed by atoms with E-state index in [0.29, 0.717) is 32.2 Å². The van der Waals surface area contributed by atoms with E-state index in [2.05, 4.69) is 0 Å². The monoisotopic (exact) mass is 470 g/mol. The number of hydrogen-bond acceptors (Lipinski definition) is 8.